The van der Waals surface area contributed by atoms with Gasteiger partial charge in [0.05, 0.1) is 18.7 Å². The molecular weight excluding hydrogens is 536 g/mol. The lowest BCUT2D eigenvalue weighted by atomic mass is 9.87. The first-order chi connectivity index (χ1) is 17.8. The maximum absolute atomic E-state index is 13.8. The number of morpholine rings is 1. The highest BCUT2D eigenvalue weighted by molar-refractivity contribution is 5.78. The van der Waals surface area contributed by atoms with Crippen LogP contribution in [0.2, 0.25) is 0 Å². The van der Waals surface area contributed by atoms with E-state index in [1.807, 2.05) is 11.8 Å². The third-order valence-electron chi connectivity index (χ3n) is 7.58. The van der Waals surface area contributed by atoms with E-state index in [1.165, 1.54) is 11.8 Å². The van der Waals surface area contributed by atoms with Gasteiger partial charge in [-0.3, -0.25) is 4.90 Å². The van der Waals surface area contributed by atoms with Gasteiger partial charge in [-0.1, -0.05) is 0 Å². The number of hydrogen-bond donors (Lipinski definition) is 1. The number of nitrogens with zero attached hydrogens (tertiary/aromatic N) is 3. The molecule has 0 aliphatic carbocycles. The maximum Gasteiger partial charge on any atom is 0.425 e. The molecular formula is C25H33F6N3O5. The number of carboxylic acid groups (broad SMARTS) is 1. The number of carboxylic acids is 1. The Morgan fingerprint density at radius 2 is 1.72 bits per heavy atom. The fourth-order valence-electron chi connectivity index (χ4n) is 4.64. The number of hydrogen-bond acceptors (Lipinski definition) is 6. The lowest BCUT2D eigenvalue weighted by Crippen LogP contribution is -2.55. The van der Waals surface area contributed by atoms with Crippen molar-refractivity contribution in [2.45, 2.75) is 69.8 Å². The Morgan fingerprint density at radius 1 is 1.10 bits per heavy atom. The smallest absolute Gasteiger partial charge is 0.425 e. The molecule has 0 aromatic heterocycles. The average Bonchev–Trinajstić information content (AvgIpc) is 2.83. The SMILES string of the molecule is CC(OC(=O)N1CCC(C)(N(C)Cc2cc(N3CCOC(C)(C(=O)O)C3)cc(C(F)(F)F)c2)CC1)C(F)(F)F. The third kappa shape index (κ3) is 7.27. The summed E-state index contributed by atoms with van der Waals surface area (Å²) in [5.74, 6) is -1.21. The summed E-state index contributed by atoms with van der Waals surface area (Å²) in [5.41, 5.74) is -2.40. The van der Waals surface area contributed by atoms with E-state index in [0.29, 0.717) is 18.4 Å². The Hall–Kier alpha value is -2.74. The van der Waals surface area contributed by atoms with Gasteiger partial charge in [0, 0.05) is 37.4 Å². The zero-order valence-corrected chi connectivity index (χ0v) is 22.2. The molecule has 0 radical (unpaired) electrons. The number of anilines is 1. The van der Waals surface area contributed by atoms with Crippen LogP contribution in [0.5, 0.6) is 0 Å². The number of halogens is 6. The summed E-state index contributed by atoms with van der Waals surface area (Å²) in [6.45, 7) is 4.49. The highest BCUT2D eigenvalue weighted by Crippen LogP contribution is 2.36. The molecule has 8 nitrogen and oxygen atoms in total. The molecule has 14 heteroatoms. The molecule has 0 saturated carbocycles. The molecule has 2 heterocycles. The van der Waals surface area contributed by atoms with Gasteiger partial charge in [-0.25, -0.2) is 9.59 Å². The predicted molar refractivity (Wildman–Crippen MR) is 128 cm³/mol. The lowest BCUT2D eigenvalue weighted by molar-refractivity contribution is -0.200. The Morgan fingerprint density at radius 3 is 2.26 bits per heavy atom. The van der Waals surface area contributed by atoms with Crippen LogP contribution in [0.15, 0.2) is 18.2 Å². The number of likely N-dealkylation sites (tertiary alicyclic amines) is 1. The minimum atomic E-state index is -4.67. The van der Waals surface area contributed by atoms with Crippen molar-refractivity contribution >= 4 is 17.7 Å². The molecule has 2 aliphatic rings. The van der Waals surface area contributed by atoms with Crippen LogP contribution in [0.1, 0.15) is 44.7 Å². The van der Waals surface area contributed by atoms with E-state index < -0.39 is 47.2 Å². The molecule has 2 atom stereocenters. The van der Waals surface area contributed by atoms with Gasteiger partial charge in [0.15, 0.2) is 11.7 Å². The Kier molecular flexibility index (Phi) is 8.71. The van der Waals surface area contributed by atoms with Gasteiger partial charge in [-0.15, -0.1) is 0 Å². The maximum atomic E-state index is 13.8. The van der Waals surface area contributed by atoms with Gasteiger partial charge in [0.25, 0.3) is 0 Å². The van der Waals surface area contributed by atoms with E-state index in [0.717, 1.165) is 19.1 Å². The molecule has 0 spiro atoms. The molecule has 2 fully saturated rings. The number of carbonyl (C=O) groups is 2. The number of ether oxygens (including phenoxy) is 2. The summed E-state index contributed by atoms with van der Waals surface area (Å²) in [6, 6.07) is 3.63. The van der Waals surface area contributed by atoms with Crippen LogP contribution in [0, 0.1) is 0 Å². The van der Waals surface area contributed by atoms with Crippen molar-refractivity contribution in [3.8, 4) is 0 Å². The fraction of sp³-hybridized carbons (Fsp3) is 0.680. The van der Waals surface area contributed by atoms with Crippen LogP contribution in [0.25, 0.3) is 0 Å². The summed E-state index contributed by atoms with van der Waals surface area (Å²) in [6.07, 6.45) is -11.9. The van der Waals surface area contributed by atoms with Crippen LogP contribution in [0.4, 0.5) is 36.8 Å². The van der Waals surface area contributed by atoms with Gasteiger partial charge in [-0.05, 0) is 64.4 Å². The Labute approximate surface area is 222 Å². The molecule has 0 bridgehead atoms. The summed E-state index contributed by atoms with van der Waals surface area (Å²) in [7, 11) is 1.73. The molecule has 1 aromatic rings. The number of aliphatic carboxylic acids is 1. The molecule has 1 amide bonds. The topological polar surface area (TPSA) is 82.5 Å². The number of benzene rings is 1. The number of carbonyl (C=O) groups excluding carboxylic acids is 1. The van der Waals surface area contributed by atoms with Gasteiger partial charge in [0.2, 0.25) is 0 Å². The monoisotopic (exact) mass is 569 g/mol. The van der Waals surface area contributed by atoms with Gasteiger partial charge in [0.1, 0.15) is 0 Å². The van der Waals surface area contributed by atoms with E-state index in [4.69, 9.17) is 4.74 Å². The molecule has 1 aromatic carbocycles. The van der Waals surface area contributed by atoms with Crippen molar-refractivity contribution in [2.75, 3.05) is 44.7 Å². The van der Waals surface area contributed by atoms with E-state index in [2.05, 4.69) is 4.74 Å². The minimum Gasteiger partial charge on any atom is -0.479 e. The summed E-state index contributed by atoms with van der Waals surface area (Å²) in [4.78, 5) is 28.4. The molecule has 3 rings (SSSR count). The Bertz CT molecular complexity index is 1060. The first-order valence-corrected chi connectivity index (χ1v) is 12.4. The van der Waals surface area contributed by atoms with Crippen LogP contribution < -0.4 is 4.90 Å². The summed E-state index contributed by atoms with van der Waals surface area (Å²) >= 11 is 0. The van der Waals surface area contributed by atoms with Crippen molar-refractivity contribution in [3.63, 3.8) is 0 Å². The summed E-state index contributed by atoms with van der Waals surface area (Å²) in [5, 5.41) is 9.50. The van der Waals surface area contributed by atoms with Gasteiger partial charge >= 0.3 is 24.4 Å². The lowest BCUT2D eigenvalue weighted by Gasteiger charge is -2.45. The number of piperidine rings is 1. The second kappa shape index (κ2) is 11.0. The summed E-state index contributed by atoms with van der Waals surface area (Å²) < 4.78 is 89.4. The molecule has 220 valence electrons. The first-order valence-electron chi connectivity index (χ1n) is 12.4. The van der Waals surface area contributed by atoms with E-state index >= 15 is 0 Å². The number of alkyl halides is 6. The molecule has 2 unspecified atom stereocenters. The molecule has 2 saturated heterocycles. The second-order valence-corrected chi connectivity index (χ2v) is 10.6. The predicted octanol–water partition coefficient (Wildman–Crippen LogP) is 4.76. The van der Waals surface area contributed by atoms with Crippen LogP contribution in [-0.4, -0.2) is 90.2 Å². The quantitative estimate of drug-likeness (QED) is 0.495. The van der Waals surface area contributed by atoms with Gasteiger partial charge in [-0.2, -0.15) is 26.3 Å². The van der Waals surface area contributed by atoms with Crippen molar-refractivity contribution in [3.05, 3.63) is 29.3 Å². The molecule has 39 heavy (non-hydrogen) atoms. The van der Waals surface area contributed by atoms with Gasteiger partial charge < -0.3 is 24.4 Å². The largest absolute Gasteiger partial charge is 0.479 e. The number of amides is 1. The normalized spacial score (nSPS) is 23.1. The minimum absolute atomic E-state index is 0.0348. The zero-order chi connectivity index (χ0) is 29.4. The highest BCUT2D eigenvalue weighted by Gasteiger charge is 2.43. The van der Waals surface area contributed by atoms with Crippen molar-refractivity contribution in [2.24, 2.45) is 0 Å². The number of rotatable bonds is 6. The Balaban J connectivity index is 1.74. The fourth-order valence-corrected chi connectivity index (χ4v) is 4.64. The van der Waals surface area contributed by atoms with Crippen LogP contribution in [-0.2, 0) is 27.0 Å². The molecule has 1 N–H and O–H groups in total. The van der Waals surface area contributed by atoms with Crippen molar-refractivity contribution in [1.82, 2.24) is 9.80 Å². The van der Waals surface area contributed by atoms with E-state index in [-0.39, 0.29) is 45.0 Å². The van der Waals surface area contributed by atoms with Crippen molar-refractivity contribution < 1.29 is 50.5 Å². The zero-order valence-electron chi connectivity index (χ0n) is 22.2. The average molecular weight is 570 g/mol. The van der Waals surface area contributed by atoms with E-state index in [1.54, 1.807) is 18.0 Å². The van der Waals surface area contributed by atoms with Crippen LogP contribution >= 0.6 is 0 Å². The standard InChI is InChI=1S/C25H33F6N3O5/c1-16(24(26,27)28)39-21(37)33-7-5-22(2,6-8-33)32(4)14-17-11-18(25(29,30)31)13-19(12-17)34-9-10-38-23(3,15-34)20(35)36/h11-13,16H,5-10,14-15H2,1-4H3,(H,35,36). The molecule has 2 aliphatic heterocycles. The highest BCUT2D eigenvalue weighted by atomic mass is 19.4. The first kappa shape index (κ1) is 30.8. The third-order valence-corrected chi connectivity index (χ3v) is 7.58. The second-order valence-electron chi connectivity index (χ2n) is 10.6. The van der Waals surface area contributed by atoms with E-state index in [9.17, 15) is 41.0 Å². The van der Waals surface area contributed by atoms with Crippen LogP contribution in [0.3, 0.4) is 0 Å². The van der Waals surface area contributed by atoms with Crippen molar-refractivity contribution in [1.29, 1.82) is 0 Å².